The van der Waals surface area contributed by atoms with Crippen LogP contribution < -0.4 is 10.6 Å². The fraction of sp³-hybridized carbons (Fsp3) is 0.200. The first-order valence-electron chi connectivity index (χ1n) is 9.44. The molecule has 32 heavy (non-hydrogen) atoms. The first-order valence-corrected chi connectivity index (χ1v) is 12.2. The zero-order valence-corrected chi connectivity index (χ0v) is 20.0. The van der Waals surface area contributed by atoms with Crippen LogP contribution in [0.5, 0.6) is 0 Å². The number of carbonyl (C=O) groups excluding carboxylic acids is 2. The van der Waals surface area contributed by atoms with Gasteiger partial charge < -0.3 is 10.6 Å². The molecule has 0 spiro atoms. The molecule has 1 aliphatic rings. The normalized spacial score (nSPS) is 16.4. The lowest BCUT2D eigenvalue weighted by atomic mass is 10.0. The number of halogens is 2. The molecule has 9 nitrogen and oxygen atoms in total. The van der Waals surface area contributed by atoms with E-state index in [4.69, 9.17) is 11.6 Å². The zero-order valence-electron chi connectivity index (χ0n) is 16.9. The molecule has 0 saturated heterocycles. The maximum absolute atomic E-state index is 13.2. The Labute approximate surface area is 197 Å². The number of carbonyl (C=O) groups is 2. The van der Waals surface area contributed by atoms with Crippen LogP contribution in [0.3, 0.4) is 0 Å². The van der Waals surface area contributed by atoms with Crippen molar-refractivity contribution in [1.82, 2.24) is 20.1 Å². The Morgan fingerprint density at radius 2 is 2.00 bits per heavy atom. The van der Waals surface area contributed by atoms with E-state index < -0.39 is 26.9 Å². The maximum atomic E-state index is 13.2. The number of hydrogen-bond donors (Lipinski definition) is 2. The number of nitrogens with one attached hydrogen (secondary N) is 2. The first-order chi connectivity index (χ1) is 15.1. The SMILES string of the molecule is CNC(=O)c1c(NC(=O)c2cc(Br)nn2-c2ncccc2Cl)ccc2c1S(=O)(=O)C(C)C2. The molecule has 0 fully saturated rings. The van der Waals surface area contributed by atoms with Gasteiger partial charge in [0.1, 0.15) is 10.3 Å². The molecule has 4 rings (SSSR count). The van der Waals surface area contributed by atoms with Gasteiger partial charge in [-0.3, -0.25) is 9.59 Å². The quantitative estimate of drug-likeness (QED) is 0.526. The molecule has 0 aliphatic carbocycles. The van der Waals surface area contributed by atoms with E-state index in [1.807, 2.05) is 0 Å². The summed E-state index contributed by atoms with van der Waals surface area (Å²) in [5.41, 5.74) is 0.602. The van der Waals surface area contributed by atoms with Crippen molar-refractivity contribution in [2.24, 2.45) is 0 Å². The standard InChI is InChI=1S/C20H17BrClN5O4S/c1-10-8-11-5-6-13(16(20(29)23-2)17(11)32(10,30)31)25-19(28)14-9-15(21)26-27(14)18-12(22)4-3-7-24-18/h3-7,9-10H,8H2,1-2H3,(H,23,29)(H,25,28). The number of benzene rings is 1. The molecule has 2 amide bonds. The summed E-state index contributed by atoms with van der Waals surface area (Å²) < 4.78 is 27.4. The minimum atomic E-state index is -3.71. The van der Waals surface area contributed by atoms with Crippen LogP contribution >= 0.6 is 27.5 Å². The number of sulfone groups is 1. The summed E-state index contributed by atoms with van der Waals surface area (Å²) in [6.45, 7) is 1.59. The van der Waals surface area contributed by atoms with Crippen molar-refractivity contribution < 1.29 is 18.0 Å². The molecule has 3 aromatic rings. The van der Waals surface area contributed by atoms with Gasteiger partial charge in [0.2, 0.25) is 0 Å². The van der Waals surface area contributed by atoms with Gasteiger partial charge in [-0.25, -0.2) is 18.1 Å². The van der Waals surface area contributed by atoms with Gasteiger partial charge >= 0.3 is 0 Å². The lowest BCUT2D eigenvalue weighted by Crippen LogP contribution is -2.25. The zero-order chi connectivity index (χ0) is 23.2. The molecule has 0 radical (unpaired) electrons. The fourth-order valence-electron chi connectivity index (χ4n) is 3.58. The topological polar surface area (TPSA) is 123 Å². The third-order valence-electron chi connectivity index (χ3n) is 5.12. The van der Waals surface area contributed by atoms with Crippen molar-refractivity contribution in [3.8, 4) is 5.82 Å². The lowest BCUT2D eigenvalue weighted by molar-refractivity contribution is 0.0960. The first kappa shape index (κ1) is 22.4. The Kier molecular flexibility index (Phi) is 5.82. The number of pyridine rings is 1. The summed E-state index contributed by atoms with van der Waals surface area (Å²) in [7, 11) is -2.31. The highest BCUT2D eigenvalue weighted by atomic mass is 79.9. The van der Waals surface area contributed by atoms with Crippen LogP contribution in [0.1, 0.15) is 33.3 Å². The Bertz CT molecular complexity index is 1370. The van der Waals surface area contributed by atoms with Crippen molar-refractivity contribution >= 4 is 54.9 Å². The summed E-state index contributed by atoms with van der Waals surface area (Å²) >= 11 is 9.45. The summed E-state index contributed by atoms with van der Waals surface area (Å²) in [6, 6.07) is 7.86. The molecule has 0 bridgehead atoms. The molecule has 1 atom stereocenters. The molecule has 166 valence electrons. The van der Waals surface area contributed by atoms with Gasteiger partial charge in [0.15, 0.2) is 15.7 Å². The minimum Gasteiger partial charge on any atom is -0.355 e. The smallest absolute Gasteiger partial charge is 0.274 e. The number of hydrogen-bond acceptors (Lipinski definition) is 6. The van der Waals surface area contributed by atoms with E-state index in [1.54, 1.807) is 25.1 Å². The van der Waals surface area contributed by atoms with E-state index in [9.17, 15) is 18.0 Å². The molecule has 12 heteroatoms. The van der Waals surface area contributed by atoms with Gasteiger partial charge in [-0.1, -0.05) is 17.7 Å². The van der Waals surface area contributed by atoms with Crippen LogP contribution in [0.25, 0.3) is 5.82 Å². The van der Waals surface area contributed by atoms with Gasteiger partial charge in [0.25, 0.3) is 11.8 Å². The number of rotatable bonds is 4. The third-order valence-corrected chi connectivity index (χ3v) is 8.06. The van der Waals surface area contributed by atoms with Crippen molar-refractivity contribution in [2.45, 2.75) is 23.5 Å². The van der Waals surface area contributed by atoms with Gasteiger partial charge in [0, 0.05) is 19.3 Å². The third kappa shape index (κ3) is 3.70. The highest BCUT2D eigenvalue weighted by Crippen LogP contribution is 2.37. The number of amides is 2. The van der Waals surface area contributed by atoms with E-state index in [2.05, 4.69) is 36.6 Å². The van der Waals surface area contributed by atoms with Crippen LogP contribution in [0.2, 0.25) is 5.02 Å². The van der Waals surface area contributed by atoms with E-state index in [0.29, 0.717) is 16.6 Å². The molecule has 3 heterocycles. The number of anilines is 1. The molecule has 1 aromatic carbocycles. The van der Waals surface area contributed by atoms with Crippen LogP contribution in [0.15, 0.2) is 46.0 Å². The highest BCUT2D eigenvalue weighted by molar-refractivity contribution is 9.10. The molecule has 2 aromatic heterocycles. The number of fused-ring (bicyclic) bond motifs is 1. The fourth-order valence-corrected chi connectivity index (χ4v) is 5.96. The Balaban J connectivity index is 1.81. The van der Waals surface area contributed by atoms with Crippen molar-refractivity contribution in [3.05, 3.63) is 63.0 Å². The van der Waals surface area contributed by atoms with E-state index in [0.717, 1.165) is 0 Å². The Morgan fingerprint density at radius 1 is 1.25 bits per heavy atom. The average molecular weight is 539 g/mol. The van der Waals surface area contributed by atoms with Crippen LogP contribution in [0, 0.1) is 0 Å². The summed E-state index contributed by atoms with van der Waals surface area (Å²) in [5, 5.41) is 8.95. The van der Waals surface area contributed by atoms with Gasteiger partial charge in [-0.2, -0.15) is 5.10 Å². The maximum Gasteiger partial charge on any atom is 0.274 e. The van der Waals surface area contributed by atoms with Crippen LogP contribution in [0.4, 0.5) is 5.69 Å². The Morgan fingerprint density at radius 3 is 2.69 bits per heavy atom. The van der Waals surface area contributed by atoms with E-state index in [-0.39, 0.29) is 32.7 Å². The number of nitrogens with zero attached hydrogens (tertiary/aromatic N) is 3. The molecular formula is C20H17BrClN5O4S. The predicted octanol–water partition coefficient (Wildman–Crippen LogP) is 3.01. The molecule has 2 N–H and O–H groups in total. The van der Waals surface area contributed by atoms with Crippen LogP contribution in [-0.4, -0.2) is 47.3 Å². The van der Waals surface area contributed by atoms with Crippen molar-refractivity contribution in [3.63, 3.8) is 0 Å². The van der Waals surface area contributed by atoms with Crippen molar-refractivity contribution in [2.75, 3.05) is 12.4 Å². The predicted molar refractivity (Wildman–Crippen MR) is 122 cm³/mol. The Hall–Kier alpha value is -2.76. The van der Waals surface area contributed by atoms with Gasteiger partial charge in [-0.15, -0.1) is 0 Å². The lowest BCUT2D eigenvalue weighted by Gasteiger charge is -2.15. The van der Waals surface area contributed by atoms with Gasteiger partial charge in [-0.05, 0) is 53.0 Å². The van der Waals surface area contributed by atoms with E-state index >= 15 is 0 Å². The van der Waals surface area contributed by atoms with Crippen molar-refractivity contribution in [1.29, 1.82) is 0 Å². The number of aromatic nitrogens is 3. The minimum absolute atomic E-state index is 0.0513. The second-order valence-electron chi connectivity index (χ2n) is 7.14. The average Bonchev–Trinajstić information content (AvgIpc) is 3.25. The highest BCUT2D eigenvalue weighted by Gasteiger charge is 2.39. The molecule has 0 saturated carbocycles. The summed E-state index contributed by atoms with van der Waals surface area (Å²) in [5.74, 6) is -1.00. The molecule has 1 unspecified atom stereocenters. The largest absolute Gasteiger partial charge is 0.355 e. The monoisotopic (exact) mass is 537 g/mol. The second-order valence-corrected chi connectivity index (χ2v) is 10.7. The van der Waals surface area contributed by atoms with E-state index in [1.165, 1.54) is 30.1 Å². The van der Waals surface area contributed by atoms with Gasteiger partial charge in [0.05, 0.1) is 26.4 Å². The summed E-state index contributed by atoms with van der Waals surface area (Å²) in [4.78, 5) is 30.0. The molecule has 1 aliphatic heterocycles. The van der Waals surface area contributed by atoms with Crippen LogP contribution in [-0.2, 0) is 16.3 Å². The summed E-state index contributed by atoms with van der Waals surface area (Å²) in [6.07, 6.45) is 1.81. The second kappa shape index (κ2) is 8.30. The molecular weight excluding hydrogens is 522 g/mol.